The average molecular weight is 578 g/mol. The third-order valence-corrected chi connectivity index (χ3v) is 6.57. The molecule has 7 nitrogen and oxygen atoms in total. The van der Waals surface area contributed by atoms with Gasteiger partial charge in [0.05, 0.1) is 28.8 Å². The van der Waals surface area contributed by atoms with Crippen LogP contribution in [0.3, 0.4) is 0 Å². The number of hydrogen-bond acceptors (Lipinski definition) is 6. The molecule has 0 unspecified atom stereocenters. The fourth-order valence-electron chi connectivity index (χ4n) is 4.54. The van der Waals surface area contributed by atoms with Crippen molar-refractivity contribution in [1.29, 1.82) is 5.26 Å². The van der Waals surface area contributed by atoms with Crippen LogP contribution in [0.1, 0.15) is 30.9 Å². The van der Waals surface area contributed by atoms with E-state index < -0.39 is 11.2 Å². The van der Waals surface area contributed by atoms with E-state index in [1.165, 1.54) is 12.3 Å². The molecule has 1 aliphatic rings. The molecule has 3 aromatic rings. The van der Waals surface area contributed by atoms with Crippen molar-refractivity contribution in [1.82, 2.24) is 15.3 Å². The van der Waals surface area contributed by atoms with Gasteiger partial charge >= 0.3 is 58.2 Å². The van der Waals surface area contributed by atoms with Crippen LogP contribution in [-0.2, 0) is 10.2 Å². The summed E-state index contributed by atoms with van der Waals surface area (Å²) in [4.78, 5) is 23.6. The average Bonchev–Trinajstić information content (AvgIpc) is 2.89. The molecule has 0 aliphatic carbocycles. The second-order valence-electron chi connectivity index (χ2n) is 8.19. The summed E-state index contributed by atoms with van der Waals surface area (Å²) < 4.78 is 20.9. The second kappa shape index (κ2) is 12.6. The zero-order valence-electron chi connectivity index (χ0n) is 20.2. The molecule has 3 heterocycles. The Balaban J connectivity index is 0.00000361. The Labute approximate surface area is 263 Å². The number of aromatic nitrogens is 2. The number of ether oxygens (including phenoxy) is 1. The number of rotatable bonds is 6. The van der Waals surface area contributed by atoms with E-state index in [9.17, 15) is 10.1 Å². The molecule has 1 saturated heterocycles. The Morgan fingerprint density at radius 3 is 2.69 bits per heavy atom. The number of amides is 1. The van der Waals surface area contributed by atoms with Crippen molar-refractivity contribution in [2.75, 3.05) is 24.6 Å². The Hall–Kier alpha value is -1.89. The molecule has 1 fully saturated rings. The molecule has 0 atom stereocenters. The minimum absolute atomic E-state index is 0. The largest absolute Gasteiger partial charge is 1.00 e. The van der Waals surface area contributed by atoms with Crippen LogP contribution in [0.2, 0.25) is 5.02 Å². The van der Waals surface area contributed by atoms with Gasteiger partial charge in [-0.05, 0) is 61.7 Å². The van der Waals surface area contributed by atoms with E-state index in [1.807, 2.05) is 11.8 Å². The van der Waals surface area contributed by atoms with Crippen LogP contribution in [0.5, 0.6) is 5.88 Å². The number of anilines is 1. The molecular formula is C26H24ClFN5O2Rb. The van der Waals surface area contributed by atoms with Crippen molar-refractivity contribution < 1.29 is 72.1 Å². The molecule has 180 valence electrons. The van der Waals surface area contributed by atoms with Gasteiger partial charge in [0.1, 0.15) is 17.6 Å². The summed E-state index contributed by atoms with van der Waals surface area (Å²) in [5.41, 5.74) is 1.22. The maximum atomic E-state index is 15.4. The molecule has 0 saturated carbocycles. The van der Waals surface area contributed by atoms with Gasteiger partial charge in [-0.15, -0.1) is 0 Å². The van der Waals surface area contributed by atoms with Gasteiger partial charge < -0.3 is 15.0 Å². The summed E-state index contributed by atoms with van der Waals surface area (Å²) in [5.74, 6) is -0.581. The standard InChI is InChI=1S/C26H24ClFN5O2.Rb/c1-3-35-24-20(5-4-10-31-24)23-21(28)14-18(16-32-23)26(25(34)30-2)8-11-33(12-9-26)22-7-6-19(27)13-17(22)15-29;/h4-7,10,13-14,16H,2-3,8-9,11-12H2,1H3,(H,30,34);/q-1;+1. The van der Waals surface area contributed by atoms with Crippen LogP contribution in [0, 0.1) is 24.2 Å². The van der Waals surface area contributed by atoms with Gasteiger partial charge in [-0.2, -0.15) is 5.26 Å². The number of pyridine rings is 2. The molecular weight excluding hydrogens is 554 g/mol. The number of carbonyl (C=O) groups is 1. The van der Waals surface area contributed by atoms with Crippen LogP contribution in [0.25, 0.3) is 11.3 Å². The van der Waals surface area contributed by atoms with Crippen molar-refractivity contribution in [2.45, 2.75) is 25.2 Å². The first-order valence-corrected chi connectivity index (χ1v) is 11.6. The summed E-state index contributed by atoms with van der Waals surface area (Å²) in [7, 11) is 3.56. The molecule has 0 spiro atoms. The minimum Gasteiger partial charge on any atom is -0.508 e. The SMILES string of the molecule is [CH2-]NC(=O)C1(c2cnc(-c3cccnc3OCC)c(F)c2)CCN(c2ccc(Cl)cc2C#N)CC1.[Rb+]. The fourth-order valence-corrected chi connectivity index (χ4v) is 4.71. The molecule has 1 N–H and O–H groups in total. The van der Waals surface area contributed by atoms with Crippen molar-refractivity contribution in [3.8, 4) is 23.2 Å². The maximum absolute atomic E-state index is 15.4. The Morgan fingerprint density at radius 1 is 1.31 bits per heavy atom. The topological polar surface area (TPSA) is 91.1 Å². The van der Waals surface area contributed by atoms with Gasteiger partial charge in [0.25, 0.3) is 0 Å². The molecule has 4 rings (SSSR count). The van der Waals surface area contributed by atoms with Crippen LogP contribution in [0.15, 0.2) is 48.8 Å². The smallest absolute Gasteiger partial charge is 0.508 e. The Kier molecular flexibility index (Phi) is 10.0. The monoisotopic (exact) mass is 577 g/mol. The summed E-state index contributed by atoms with van der Waals surface area (Å²) in [5, 5.41) is 12.5. The van der Waals surface area contributed by atoms with Gasteiger partial charge in [-0.1, -0.05) is 11.6 Å². The Morgan fingerprint density at radius 2 is 2.06 bits per heavy atom. The fraction of sp³-hybridized carbons (Fsp3) is 0.269. The van der Waals surface area contributed by atoms with E-state index in [0.29, 0.717) is 60.1 Å². The van der Waals surface area contributed by atoms with Crippen molar-refractivity contribution in [3.05, 3.63) is 77.8 Å². The molecule has 2 aromatic heterocycles. The summed E-state index contributed by atoms with van der Waals surface area (Å²) in [6.45, 7) is 3.16. The second-order valence-corrected chi connectivity index (χ2v) is 8.63. The molecule has 0 bridgehead atoms. The van der Waals surface area contributed by atoms with Crippen LogP contribution >= 0.6 is 11.6 Å². The van der Waals surface area contributed by atoms with E-state index >= 15 is 4.39 Å². The van der Waals surface area contributed by atoms with Gasteiger partial charge in [0.2, 0.25) is 11.8 Å². The van der Waals surface area contributed by atoms with E-state index in [2.05, 4.69) is 28.4 Å². The van der Waals surface area contributed by atoms with Crippen molar-refractivity contribution in [3.63, 3.8) is 0 Å². The number of hydrogen-bond donors (Lipinski definition) is 1. The number of carbonyl (C=O) groups excluding carboxylic acids is 1. The van der Waals surface area contributed by atoms with Crippen molar-refractivity contribution >= 4 is 23.2 Å². The van der Waals surface area contributed by atoms with Crippen molar-refractivity contribution in [2.24, 2.45) is 0 Å². The third kappa shape index (κ3) is 5.66. The number of piperidine rings is 1. The summed E-state index contributed by atoms with van der Waals surface area (Å²) in [6, 6.07) is 12.1. The number of nitrogens with one attached hydrogen (secondary N) is 1. The first-order chi connectivity index (χ1) is 16.9. The third-order valence-electron chi connectivity index (χ3n) is 6.33. The zero-order chi connectivity index (χ0) is 25.0. The van der Waals surface area contributed by atoms with E-state index in [0.717, 1.165) is 5.69 Å². The first kappa shape index (κ1) is 28.7. The molecule has 1 amide bonds. The number of nitrogens with zero attached hydrogens (tertiary/aromatic N) is 4. The van der Waals surface area contributed by atoms with E-state index in [-0.39, 0.29) is 69.8 Å². The van der Waals surface area contributed by atoms with E-state index in [4.69, 9.17) is 16.3 Å². The van der Waals surface area contributed by atoms with Crippen LogP contribution in [-0.4, -0.2) is 35.6 Å². The quantitative estimate of drug-likeness (QED) is 0.448. The molecule has 1 aromatic carbocycles. The number of benzene rings is 1. The number of halogens is 2. The first-order valence-electron chi connectivity index (χ1n) is 11.2. The van der Waals surface area contributed by atoms with Crippen LogP contribution in [0.4, 0.5) is 10.1 Å². The van der Waals surface area contributed by atoms with E-state index in [1.54, 1.807) is 36.5 Å². The number of nitriles is 1. The predicted octanol–water partition coefficient (Wildman–Crippen LogP) is 1.66. The summed E-state index contributed by atoms with van der Waals surface area (Å²) in [6.07, 6.45) is 3.88. The normalized spacial score (nSPS) is 14.4. The minimum atomic E-state index is -1.01. The maximum Gasteiger partial charge on any atom is 1.00 e. The van der Waals surface area contributed by atoms with Gasteiger partial charge in [-0.3, -0.25) is 16.8 Å². The van der Waals surface area contributed by atoms with Crippen LogP contribution < -0.4 is 73.1 Å². The Bertz CT molecular complexity index is 1290. The molecule has 0 radical (unpaired) electrons. The van der Waals surface area contributed by atoms with Gasteiger partial charge in [0.15, 0.2) is 0 Å². The predicted molar refractivity (Wildman–Crippen MR) is 131 cm³/mol. The van der Waals surface area contributed by atoms with Gasteiger partial charge in [0, 0.05) is 30.5 Å². The molecule has 36 heavy (non-hydrogen) atoms. The molecule has 10 heteroatoms. The summed E-state index contributed by atoms with van der Waals surface area (Å²) >= 11 is 6.04. The molecule has 1 aliphatic heterocycles. The zero-order valence-corrected chi connectivity index (χ0v) is 25.9. The van der Waals surface area contributed by atoms with Gasteiger partial charge in [-0.25, -0.2) is 9.37 Å².